The van der Waals surface area contributed by atoms with E-state index in [2.05, 4.69) is 14.9 Å². The Morgan fingerprint density at radius 2 is 1.83 bits per heavy atom. The lowest BCUT2D eigenvalue weighted by Gasteiger charge is -2.23. The van der Waals surface area contributed by atoms with Crippen LogP contribution in [0.4, 0.5) is 26.3 Å². The largest absolute Gasteiger partial charge is 0.493 e. The van der Waals surface area contributed by atoms with Crippen molar-refractivity contribution in [1.29, 1.82) is 0 Å². The first-order chi connectivity index (χ1) is 21.8. The zero-order valence-corrected chi connectivity index (χ0v) is 25.2. The number of thioether (sulfide) groups is 1. The first kappa shape index (κ1) is 31.5. The molecule has 0 saturated carbocycles. The van der Waals surface area contributed by atoms with Crippen molar-refractivity contribution < 1.29 is 40.6 Å². The number of likely N-dealkylation sites (tertiary alicyclic amines) is 1. The Hall–Kier alpha value is -4.46. The fraction of sp³-hybridized carbons (Fsp3) is 0.281. The molecule has 1 aromatic heterocycles. The number of aromatic nitrogens is 2. The summed E-state index contributed by atoms with van der Waals surface area (Å²) in [4.78, 5) is 27.8. The smallest absolute Gasteiger partial charge is 0.416 e. The second kappa shape index (κ2) is 12.0. The predicted molar refractivity (Wildman–Crippen MR) is 161 cm³/mol. The van der Waals surface area contributed by atoms with Crippen molar-refractivity contribution in [1.82, 2.24) is 14.9 Å². The van der Waals surface area contributed by atoms with Gasteiger partial charge in [-0.25, -0.2) is 4.98 Å². The van der Waals surface area contributed by atoms with Gasteiger partial charge in [0, 0.05) is 12.1 Å². The summed E-state index contributed by atoms with van der Waals surface area (Å²) in [7, 11) is 1.34. The maximum absolute atomic E-state index is 13.6. The van der Waals surface area contributed by atoms with Gasteiger partial charge in [0.2, 0.25) is 0 Å². The van der Waals surface area contributed by atoms with Crippen molar-refractivity contribution in [3.05, 3.63) is 93.1 Å². The number of aliphatic imine (C=N–C) groups is 1. The molecule has 0 aliphatic carbocycles. The van der Waals surface area contributed by atoms with Gasteiger partial charge in [0.25, 0.3) is 5.91 Å². The Kier molecular flexibility index (Phi) is 8.25. The summed E-state index contributed by atoms with van der Waals surface area (Å²) in [5.41, 5.74) is 0.165. The number of aryl methyl sites for hydroxylation is 1. The number of amidine groups is 1. The lowest BCUT2D eigenvalue weighted by atomic mass is 10.0. The van der Waals surface area contributed by atoms with Crippen molar-refractivity contribution in [3.63, 3.8) is 0 Å². The normalized spacial score (nSPS) is 18.1. The highest BCUT2D eigenvalue weighted by Gasteiger charge is 2.38. The molecule has 1 fully saturated rings. The fourth-order valence-electron chi connectivity index (χ4n) is 5.44. The molecule has 3 heterocycles. The third kappa shape index (κ3) is 6.43. The minimum absolute atomic E-state index is 0.0647. The number of carbonyl (C=O) groups excluding carboxylic acids is 1. The molecule has 46 heavy (non-hydrogen) atoms. The molecule has 6 rings (SSSR count). The number of rotatable bonds is 6. The van der Waals surface area contributed by atoms with Gasteiger partial charge in [0.15, 0.2) is 16.7 Å². The van der Waals surface area contributed by atoms with Gasteiger partial charge in [0.1, 0.15) is 12.4 Å². The van der Waals surface area contributed by atoms with Crippen LogP contribution in [0.2, 0.25) is 0 Å². The average Bonchev–Trinajstić information content (AvgIpc) is 3.73. The lowest BCUT2D eigenvalue weighted by Crippen LogP contribution is -2.28. The summed E-state index contributed by atoms with van der Waals surface area (Å²) in [6.07, 6.45) is -6.57. The lowest BCUT2D eigenvalue weighted by molar-refractivity contribution is -0.143. The van der Waals surface area contributed by atoms with Crippen LogP contribution in [0.1, 0.15) is 52.5 Å². The molecule has 1 saturated heterocycles. The summed E-state index contributed by atoms with van der Waals surface area (Å²) in [5.74, 6) is 0.629. The summed E-state index contributed by atoms with van der Waals surface area (Å²) in [5, 5.41) is 0.569. The SMILES string of the molecule is COc1cc(C=C2SC(N3CCCC3c3nc4ccc(C)cc4[nH]3)=NC2=O)ccc1OCc1ccc(C(F)(F)F)cc1C(F)(F)F. The van der Waals surface area contributed by atoms with E-state index in [9.17, 15) is 31.1 Å². The summed E-state index contributed by atoms with van der Waals surface area (Å²) < 4.78 is 90.7. The van der Waals surface area contributed by atoms with Gasteiger partial charge in [-0.3, -0.25) is 4.79 Å². The minimum atomic E-state index is -5.02. The number of methoxy groups -OCH3 is 1. The van der Waals surface area contributed by atoms with Crippen LogP contribution < -0.4 is 9.47 Å². The molecular formula is C32H26F6N4O3S. The highest BCUT2D eigenvalue weighted by Crippen LogP contribution is 2.41. The Morgan fingerprint density at radius 3 is 2.57 bits per heavy atom. The number of amides is 1. The van der Waals surface area contributed by atoms with Gasteiger partial charge >= 0.3 is 12.4 Å². The molecule has 0 bridgehead atoms. The van der Waals surface area contributed by atoms with E-state index in [0.717, 1.165) is 41.3 Å². The van der Waals surface area contributed by atoms with Gasteiger partial charge in [0.05, 0.1) is 40.2 Å². The molecule has 3 aromatic carbocycles. The molecule has 1 N–H and O–H groups in total. The number of carbonyl (C=O) groups is 1. The van der Waals surface area contributed by atoms with E-state index in [4.69, 9.17) is 14.5 Å². The number of hydrogen-bond acceptors (Lipinski definition) is 6. The zero-order valence-electron chi connectivity index (χ0n) is 24.4. The molecule has 2 aliphatic rings. The van der Waals surface area contributed by atoms with Crippen molar-refractivity contribution in [2.24, 2.45) is 4.99 Å². The highest BCUT2D eigenvalue weighted by molar-refractivity contribution is 8.18. The van der Waals surface area contributed by atoms with Crippen LogP contribution in [0.3, 0.4) is 0 Å². The minimum Gasteiger partial charge on any atom is -0.493 e. The molecule has 4 aromatic rings. The van der Waals surface area contributed by atoms with Crippen molar-refractivity contribution >= 4 is 39.9 Å². The van der Waals surface area contributed by atoms with Crippen LogP contribution in [0, 0.1) is 6.92 Å². The first-order valence-electron chi connectivity index (χ1n) is 14.1. The quantitative estimate of drug-likeness (QED) is 0.166. The molecule has 14 heteroatoms. The van der Waals surface area contributed by atoms with Crippen LogP contribution in [0.15, 0.2) is 64.5 Å². The van der Waals surface area contributed by atoms with Gasteiger partial charge < -0.3 is 19.4 Å². The van der Waals surface area contributed by atoms with E-state index in [1.165, 1.54) is 24.9 Å². The number of ether oxygens (including phenoxy) is 2. The fourth-order valence-corrected chi connectivity index (χ4v) is 6.43. The number of nitrogens with zero attached hydrogens (tertiary/aromatic N) is 3. The van der Waals surface area contributed by atoms with Gasteiger partial charge in [-0.15, -0.1) is 0 Å². The van der Waals surface area contributed by atoms with Crippen LogP contribution in [0.25, 0.3) is 17.1 Å². The maximum Gasteiger partial charge on any atom is 0.416 e. The highest BCUT2D eigenvalue weighted by atomic mass is 32.2. The second-order valence-corrected chi connectivity index (χ2v) is 11.9. The van der Waals surface area contributed by atoms with Crippen LogP contribution >= 0.6 is 11.8 Å². The third-order valence-corrected chi connectivity index (χ3v) is 8.71. The molecular weight excluding hydrogens is 634 g/mol. The Balaban J connectivity index is 1.17. The molecule has 1 unspecified atom stereocenters. The monoisotopic (exact) mass is 660 g/mol. The first-order valence-corrected chi connectivity index (χ1v) is 15.0. The summed E-state index contributed by atoms with van der Waals surface area (Å²) >= 11 is 1.24. The molecule has 1 atom stereocenters. The number of fused-ring (bicyclic) bond motifs is 1. The molecule has 240 valence electrons. The number of alkyl halides is 6. The number of aromatic amines is 1. The third-order valence-electron chi connectivity index (χ3n) is 7.69. The second-order valence-electron chi connectivity index (χ2n) is 10.9. The van der Waals surface area contributed by atoms with Crippen molar-refractivity contribution in [2.45, 2.75) is 44.8 Å². The van der Waals surface area contributed by atoms with E-state index in [0.29, 0.717) is 28.2 Å². The number of benzene rings is 3. The molecule has 2 aliphatic heterocycles. The molecule has 0 radical (unpaired) electrons. The Labute approximate surface area is 263 Å². The molecule has 0 spiro atoms. The molecule has 1 amide bonds. The van der Waals surface area contributed by atoms with Gasteiger partial charge in [-0.05, 0) is 85.1 Å². The number of hydrogen-bond donors (Lipinski definition) is 1. The number of imidazole rings is 1. The van der Waals surface area contributed by atoms with E-state index in [1.54, 1.807) is 18.2 Å². The number of nitrogens with one attached hydrogen (secondary N) is 1. The van der Waals surface area contributed by atoms with E-state index in [-0.39, 0.29) is 23.6 Å². The Morgan fingerprint density at radius 1 is 1.02 bits per heavy atom. The number of H-pyrrole nitrogens is 1. The van der Waals surface area contributed by atoms with E-state index in [1.807, 2.05) is 25.1 Å². The average molecular weight is 661 g/mol. The van der Waals surface area contributed by atoms with E-state index >= 15 is 0 Å². The van der Waals surface area contributed by atoms with Gasteiger partial charge in [-0.1, -0.05) is 18.2 Å². The van der Waals surface area contributed by atoms with Crippen LogP contribution in [-0.2, 0) is 23.8 Å². The maximum atomic E-state index is 13.6. The van der Waals surface area contributed by atoms with Crippen LogP contribution in [-0.4, -0.2) is 39.6 Å². The van der Waals surface area contributed by atoms with Crippen molar-refractivity contribution in [3.8, 4) is 11.5 Å². The van der Waals surface area contributed by atoms with Crippen LogP contribution in [0.5, 0.6) is 11.5 Å². The predicted octanol–water partition coefficient (Wildman–Crippen LogP) is 8.30. The topological polar surface area (TPSA) is 79.8 Å². The zero-order chi connectivity index (χ0) is 32.8. The standard InChI is InChI=1S/C32H26F6N4O3S/c1-17-5-9-22-23(12-17)40-28(39-22)24-4-3-11-42(24)30-41-29(43)27(46-30)14-18-6-10-25(26(13-18)44-2)45-16-19-7-8-20(31(33,34)35)15-21(19)32(36,37)38/h5-10,12-15,24H,3-4,11,16H2,1-2H3,(H,39,40). The summed E-state index contributed by atoms with van der Waals surface area (Å²) in [6.45, 7) is 2.07. The van der Waals surface area contributed by atoms with Crippen molar-refractivity contribution in [2.75, 3.05) is 13.7 Å². The summed E-state index contributed by atoms with van der Waals surface area (Å²) in [6, 6.07) is 11.9. The van der Waals surface area contributed by atoms with E-state index < -0.39 is 41.6 Å². The number of halogens is 6. The van der Waals surface area contributed by atoms with Gasteiger partial charge in [-0.2, -0.15) is 31.3 Å². The Bertz CT molecular complexity index is 1880. The molecule has 7 nitrogen and oxygen atoms in total.